The molecule has 3 aromatic carbocycles. The molecule has 0 bridgehead atoms. The minimum atomic E-state index is -0.205. The number of hydrogen-bond acceptors (Lipinski definition) is 4. The number of fused-ring (bicyclic) bond motifs is 1. The van der Waals surface area contributed by atoms with Crippen molar-refractivity contribution in [3.63, 3.8) is 0 Å². The van der Waals surface area contributed by atoms with Crippen LogP contribution in [0, 0.1) is 0 Å². The Kier molecular flexibility index (Phi) is 6.49. The minimum absolute atomic E-state index is 0.0130. The van der Waals surface area contributed by atoms with Crippen molar-refractivity contribution < 1.29 is 14.3 Å². The number of halogens is 1. The molecule has 4 rings (SSSR count). The summed E-state index contributed by atoms with van der Waals surface area (Å²) >= 11 is 7.47. The van der Waals surface area contributed by atoms with Crippen molar-refractivity contribution in [2.24, 2.45) is 0 Å². The maximum atomic E-state index is 12.8. The Labute approximate surface area is 190 Å². The van der Waals surface area contributed by atoms with E-state index in [4.69, 9.17) is 16.3 Å². The Hall–Kier alpha value is -2.96. The third-order valence-electron chi connectivity index (χ3n) is 5.05. The lowest BCUT2D eigenvalue weighted by Gasteiger charge is -2.29. The van der Waals surface area contributed by atoms with E-state index >= 15 is 0 Å². The Morgan fingerprint density at radius 2 is 1.90 bits per heavy atom. The number of para-hydroxylation sites is 1. The quantitative estimate of drug-likeness (QED) is 0.576. The summed E-state index contributed by atoms with van der Waals surface area (Å²) in [5.41, 5.74) is 3.12. The van der Waals surface area contributed by atoms with Gasteiger partial charge in [-0.15, -0.1) is 11.8 Å². The number of nitrogens with zero attached hydrogens (tertiary/aromatic N) is 1. The first-order valence-electron chi connectivity index (χ1n) is 9.77. The number of hydrogen-bond donors (Lipinski definition) is 1. The summed E-state index contributed by atoms with van der Waals surface area (Å²) in [5, 5.41) is 3.59. The van der Waals surface area contributed by atoms with Gasteiger partial charge in [-0.05, 0) is 42.0 Å². The fraction of sp³-hybridized carbons (Fsp3) is 0.167. The van der Waals surface area contributed by atoms with Crippen molar-refractivity contribution in [3.8, 4) is 5.75 Å². The summed E-state index contributed by atoms with van der Waals surface area (Å²) in [6.45, 7) is 0.776. The van der Waals surface area contributed by atoms with Gasteiger partial charge >= 0.3 is 0 Å². The topological polar surface area (TPSA) is 58.6 Å². The van der Waals surface area contributed by atoms with Crippen LogP contribution in [-0.4, -0.2) is 24.7 Å². The van der Waals surface area contributed by atoms with Crippen LogP contribution in [0.3, 0.4) is 0 Å². The first kappa shape index (κ1) is 21.3. The molecule has 0 aromatic heterocycles. The molecule has 0 radical (unpaired) electrons. The van der Waals surface area contributed by atoms with Gasteiger partial charge in [0.1, 0.15) is 5.75 Å². The number of benzene rings is 3. The number of carbonyl (C=O) groups excluding carboxylic acids is 2. The number of ether oxygens (including phenoxy) is 1. The fourth-order valence-electron chi connectivity index (χ4n) is 3.42. The first-order valence-corrected chi connectivity index (χ1v) is 11.1. The lowest BCUT2D eigenvalue weighted by molar-refractivity contribution is -0.116. The highest BCUT2D eigenvalue weighted by Gasteiger charge is 2.26. The molecule has 0 spiro atoms. The third-order valence-corrected chi connectivity index (χ3v) is 6.35. The molecule has 0 saturated carbocycles. The molecule has 2 amide bonds. The van der Waals surface area contributed by atoms with Gasteiger partial charge in [-0.1, -0.05) is 41.9 Å². The Balaban J connectivity index is 1.54. The smallest absolute Gasteiger partial charge is 0.251 e. The van der Waals surface area contributed by atoms with E-state index in [2.05, 4.69) is 5.32 Å². The SMILES string of the molecule is COc1ccccc1CNC(=O)c1ccc2c(c1)N(Cc1ccc(Cl)cc1)C(=O)CS2. The fourth-order valence-corrected chi connectivity index (χ4v) is 4.46. The van der Waals surface area contributed by atoms with Gasteiger partial charge < -0.3 is 15.0 Å². The average molecular weight is 453 g/mol. The van der Waals surface area contributed by atoms with Gasteiger partial charge in [-0.2, -0.15) is 0 Å². The highest BCUT2D eigenvalue weighted by atomic mass is 35.5. The average Bonchev–Trinajstić information content (AvgIpc) is 2.80. The number of methoxy groups -OCH3 is 1. The van der Waals surface area contributed by atoms with Crippen LogP contribution in [0.25, 0.3) is 0 Å². The zero-order chi connectivity index (χ0) is 21.8. The maximum Gasteiger partial charge on any atom is 0.251 e. The van der Waals surface area contributed by atoms with Crippen LogP contribution < -0.4 is 15.0 Å². The van der Waals surface area contributed by atoms with Crippen molar-refractivity contribution >= 4 is 40.9 Å². The van der Waals surface area contributed by atoms with E-state index in [-0.39, 0.29) is 11.8 Å². The molecular formula is C24H21ClN2O3S. The van der Waals surface area contributed by atoms with Crippen molar-refractivity contribution in [2.45, 2.75) is 18.0 Å². The highest BCUT2D eigenvalue weighted by Crippen LogP contribution is 2.37. The van der Waals surface area contributed by atoms with Crippen LogP contribution in [0.5, 0.6) is 5.75 Å². The maximum absolute atomic E-state index is 12.8. The molecule has 0 unspecified atom stereocenters. The normalized spacial score (nSPS) is 13.0. The second kappa shape index (κ2) is 9.45. The number of nitrogens with one attached hydrogen (secondary N) is 1. The summed E-state index contributed by atoms with van der Waals surface area (Å²) in [6, 6.07) is 20.5. The van der Waals surface area contributed by atoms with Gasteiger partial charge in [-0.25, -0.2) is 0 Å². The number of anilines is 1. The zero-order valence-corrected chi connectivity index (χ0v) is 18.5. The van der Waals surface area contributed by atoms with Gasteiger partial charge in [0.05, 0.1) is 25.1 Å². The molecule has 0 fully saturated rings. The van der Waals surface area contributed by atoms with Crippen LogP contribution in [-0.2, 0) is 17.9 Å². The molecule has 0 atom stereocenters. The number of carbonyl (C=O) groups is 2. The molecular weight excluding hydrogens is 432 g/mol. The lowest BCUT2D eigenvalue weighted by atomic mass is 10.1. The Morgan fingerprint density at radius 1 is 1.13 bits per heavy atom. The molecule has 5 nitrogen and oxygen atoms in total. The van der Waals surface area contributed by atoms with Gasteiger partial charge in [0.25, 0.3) is 5.91 Å². The monoisotopic (exact) mass is 452 g/mol. The summed E-state index contributed by atoms with van der Waals surface area (Å²) in [4.78, 5) is 28.2. The van der Waals surface area contributed by atoms with Crippen LogP contribution in [0.2, 0.25) is 5.02 Å². The van der Waals surface area contributed by atoms with E-state index in [1.54, 1.807) is 24.1 Å². The van der Waals surface area contributed by atoms with E-state index in [9.17, 15) is 9.59 Å². The zero-order valence-electron chi connectivity index (χ0n) is 16.9. The largest absolute Gasteiger partial charge is 0.496 e. The molecule has 7 heteroatoms. The second-order valence-corrected chi connectivity index (χ2v) is 8.53. The van der Waals surface area contributed by atoms with E-state index in [1.165, 1.54) is 11.8 Å². The standard InChI is InChI=1S/C24H21ClN2O3S/c1-30-21-5-3-2-4-18(21)13-26-24(29)17-8-11-22-20(12-17)27(23(28)15-31-22)14-16-6-9-19(25)10-7-16/h2-12H,13-15H2,1H3,(H,26,29). The predicted octanol–water partition coefficient (Wildman–Crippen LogP) is 4.92. The molecule has 158 valence electrons. The van der Waals surface area contributed by atoms with Crippen molar-refractivity contribution in [3.05, 3.63) is 88.4 Å². The molecule has 31 heavy (non-hydrogen) atoms. The van der Waals surface area contributed by atoms with Gasteiger partial charge in [0.2, 0.25) is 5.91 Å². The number of rotatable bonds is 6. The Morgan fingerprint density at radius 3 is 2.68 bits per heavy atom. The molecule has 1 aliphatic heterocycles. The van der Waals surface area contributed by atoms with E-state index in [1.807, 2.05) is 54.6 Å². The minimum Gasteiger partial charge on any atom is -0.496 e. The Bertz CT molecular complexity index is 1120. The van der Waals surface area contributed by atoms with Gasteiger partial charge in [0, 0.05) is 27.6 Å². The number of amides is 2. The van der Waals surface area contributed by atoms with Crippen LogP contribution >= 0.6 is 23.4 Å². The molecule has 3 aromatic rings. The molecule has 0 aliphatic carbocycles. The van der Waals surface area contributed by atoms with Crippen molar-refractivity contribution in [2.75, 3.05) is 17.8 Å². The van der Waals surface area contributed by atoms with Gasteiger partial charge in [-0.3, -0.25) is 9.59 Å². The third kappa shape index (κ3) is 4.86. The van der Waals surface area contributed by atoms with E-state index < -0.39 is 0 Å². The molecule has 0 saturated heterocycles. The summed E-state index contributed by atoms with van der Waals surface area (Å²) < 4.78 is 5.34. The van der Waals surface area contributed by atoms with Crippen LogP contribution in [0.15, 0.2) is 71.6 Å². The van der Waals surface area contributed by atoms with Crippen molar-refractivity contribution in [1.82, 2.24) is 5.32 Å². The van der Waals surface area contributed by atoms with Crippen molar-refractivity contribution in [1.29, 1.82) is 0 Å². The predicted molar refractivity (Wildman–Crippen MR) is 124 cm³/mol. The van der Waals surface area contributed by atoms with E-state index in [0.717, 1.165) is 27.5 Å². The molecule has 1 heterocycles. The summed E-state index contributed by atoms with van der Waals surface area (Å²) in [7, 11) is 1.61. The highest BCUT2D eigenvalue weighted by molar-refractivity contribution is 8.00. The number of thioether (sulfide) groups is 1. The van der Waals surface area contributed by atoms with Crippen LogP contribution in [0.1, 0.15) is 21.5 Å². The van der Waals surface area contributed by atoms with Crippen LogP contribution in [0.4, 0.5) is 5.69 Å². The molecule has 1 N–H and O–H groups in total. The first-order chi connectivity index (χ1) is 15.0. The molecule has 1 aliphatic rings. The summed E-state index contributed by atoms with van der Waals surface area (Å²) in [5.74, 6) is 0.909. The second-order valence-electron chi connectivity index (χ2n) is 7.07. The summed E-state index contributed by atoms with van der Waals surface area (Å²) in [6.07, 6.45) is 0. The van der Waals surface area contributed by atoms with E-state index in [0.29, 0.717) is 29.4 Å². The lowest BCUT2D eigenvalue weighted by Crippen LogP contribution is -2.35. The van der Waals surface area contributed by atoms with Gasteiger partial charge in [0.15, 0.2) is 0 Å².